The van der Waals surface area contributed by atoms with Crippen LogP contribution < -0.4 is 0 Å². The minimum Gasteiger partial charge on any atom is -0.469 e. The fraction of sp³-hybridized carbons (Fsp3) is 0.882. The molecule has 0 N–H and O–H groups in total. The number of esters is 1. The number of rotatable bonds is 4. The summed E-state index contributed by atoms with van der Waals surface area (Å²) in [6, 6.07) is 0. The summed E-state index contributed by atoms with van der Waals surface area (Å²) in [5.74, 6) is 2.10. The van der Waals surface area contributed by atoms with Crippen molar-refractivity contribution in [3.8, 4) is 0 Å². The van der Waals surface area contributed by atoms with Crippen molar-refractivity contribution >= 4 is 11.9 Å². The molecule has 4 nitrogen and oxygen atoms in total. The van der Waals surface area contributed by atoms with Crippen LogP contribution in [0.1, 0.15) is 45.4 Å². The number of hydrogen-bond acceptors (Lipinski definition) is 3. The second-order valence-electron chi connectivity index (χ2n) is 7.81. The summed E-state index contributed by atoms with van der Waals surface area (Å²) in [5.41, 5.74) is -0.112. The Hall–Kier alpha value is -1.06. The normalized spacial score (nSPS) is 38.1. The third-order valence-corrected chi connectivity index (χ3v) is 5.99. The van der Waals surface area contributed by atoms with Gasteiger partial charge in [0.1, 0.15) is 0 Å². The van der Waals surface area contributed by atoms with Gasteiger partial charge in [0.05, 0.1) is 18.4 Å². The average Bonchev–Trinajstić information content (AvgIpc) is 2.43. The van der Waals surface area contributed by atoms with E-state index >= 15 is 0 Å². The molecule has 0 spiro atoms. The Morgan fingerprint density at radius 1 is 1.14 bits per heavy atom. The summed E-state index contributed by atoms with van der Waals surface area (Å²) in [5, 5.41) is 0. The molecule has 118 valence electrons. The third-order valence-electron chi connectivity index (χ3n) is 5.99. The van der Waals surface area contributed by atoms with Gasteiger partial charge in [-0.15, -0.1) is 0 Å². The van der Waals surface area contributed by atoms with Gasteiger partial charge in [-0.3, -0.25) is 9.59 Å². The monoisotopic (exact) mass is 293 g/mol. The third kappa shape index (κ3) is 2.58. The van der Waals surface area contributed by atoms with Crippen LogP contribution in [0, 0.1) is 29.1 Å². The Morgan fingerprint density at radius 3 is 2.05 bits per heavy atom. The number of carbonyl (C=O) groups excluding carboxylic acids is 2. The Kier molecular flexibility index (Phi) is 3.74. The van der Waals surface area contributed by atoms with E-state index in [0.717, 1.165) is 37.0 Å². The number of ether oxygens (including phenoxy) is 1. The van der Waals surface area contributed by atoms with Crippen molar-refractivity contribution < 1.29 is 14.3 Å². The van der Waals surface area contributed by atoms with Crippen molar-refractivity contribution in [1.82, 2.24) is 4.90 Å². The van der Waals surface area contributed by atoms with Crippen molar-refractivity contribution in [3.05, 3.63) is 0 Å². The van der Waals surface area contributed by atoms with E-state index in [9.17, 15) is 9.59 Å². The van der Waals surface area contributed by atoms with Crippen LogP contribution in [0.15, 0.2) is 0 Å². The highest BCUT2D eigenvalue weighted by molar-refractivity contribution is 5.83. The standard InChI is InChI=1S/C17H27NO3/c1-11(15(19)21-3)10-18(2)16(20)17-7-12-4-13(8-17)6-14(5-12)9-17/h11-14H,4-10H2,1-3H3. The second kappa shape index (κ2) is 5.29. The molecule has 4 aliphatic carbocycles. The summed E-state index contributed by atoms with van der Waals surface area (Å²) >= 11 is 0. The highest BCUT2D eigenvalue weighted by atomic mass is 16.5. The van der Waals surface area contributed by atoms with Crippen LogP contribution in [0.5, 0.6) is 0 Å². The van der Waals surface area contributed by atoms with E-state index in [1.165, 1.54) is 26.4 Å². The largest absolute Gasteiger partial charge is 0.469 e. The average molecular weight is 293 g/mol. The predicted molar refractivity (Wildman–Crippen MR) is 79.4 cm³/mol. The molecule has 4 fully saturated rings. The molecule has 4 saturated carbocycles. The number of amides is 1. The molecule has 0 radical (unpaired) electrons. The zero-order valence-corrected chi connectivity index (χ0v) is 13.4. The molecular formula is C17H27NO3. The van der Waals surface area contributed by atoms with E-state index in [1.54, 1.807) is 4.90 Å². The van der Waals surface area contributed by atoms with E-state index in [4.69, 9.17) is 4.74 Å². The van der Waals surface area contributed by atoms with Gasteiger partial charge in [-0.2, -0.15) is 0 Å². The van der Waals surface area contributed by atoms with Gasteiger partial charge >= 0.3 is 5.97 Å². The summed E-state index contributed by atoms with van der Waals surface area (Å²) < 4.78 is 4.77. The molecule has 4 aliphatic rings. The van der Waals surface area contributed by atoms with Gasteiger partial charge in [0.2, 0.25) is 5.91 Å². The van der Waals surface area contributed by atoms with Crippen LogP contribution in [0.3, 0.4) is 0 Å². The predicted octanol–water partition coefficient (Wildman–Crippen LogP) is 2.47. The van der Waals surface area contributed by atoms with Crippen molar-refractivity contribution in [2.24, 2.45) is 29.1 Å². The first-order valence-corrected chi connectivity index (χ1v) is 8.27. The van der Waals surface area contributed by atoms with Crippen molar-refractivity contribution in [2.45, 2.75) is 45.4 Å². The van der Waals surface area contributed by atoms with Gasteiger partial charge in [-0.05, 0) is 56.3 Å². The molecule has 0 heterocycles. The number of carbonyl (C=O) groups is 2. The van der Waals surface area contributed by atoms with Crippen molar-refractivity contribution in [3.63, 3.8) is 0 Å². The summed E-state index contributed by atoms with van der Waals surface area (Å²) in [6.07, 6.45) is 7.26. The van der Waals surface area contributed by atoms with Gasteiger partial charge < -0.3 is 9.64 Å². The SMILES string of the molecule is COC(=O)C(C)CN(C)C(=O)C12CC3CC(CC(C3)C1)C2. The van der Waals surface area contributed by atoms with Gasteiger partial charge in [0.15, 0.2) is 0 Å². The Morgan fingerprint density at radius 2 is 1.62 bits per heavy atom. The van der Waals surface area contributed by atoms with Crippen LogP contribution in [0.2, 0.25) is 0 Å². The molecule has 4 heteroatoms. The maximum atomic E-state index is 13.0. The van der Waals surface area contributed by atoms with Gasteiger partial charge in [0.25, 0.3) is 0 Å². The Bertz CT molecular complexity index is 410. The first-order valence-electron chi connectivity index (χ1n) is 8.27. The second-order valence-corrected chi connectivity index (χ2v) is 7.81. The fourth-order valence-electron chi connectivity index (χ4n) is 5.55. The zero-order valence-electron chi connectivity index (χ0n) is 13.4. The van der Waals surface area contributed by atoms with Crippen LogP contribution >= 0.6 is 0 Å². The highest BCUT2D eigenvalue weighted by Gasteiger charge is 2.55. The smallest absolute Gasteiger partial charge is 0.310 e. The number of methoxy groups -OCH3 is 1. The topological polar surface area (TPSA) is 46.6 Å². The van der Waals surface area contributed by atoms with Crippen LogP contribution in [-0.2, 0) is 14.3 Å². The van der Waals surface area contributed by atoms with Crippen LogP contribution in [0.4, 0.5) is 0 Å². The van der Waals surface area contributed by atoms with E-state index < -0.39 is 0 Å². The maximum Gasteiger partial charge on any atom is 0.310 e. The molecular weight excluding hydrogens is 266 g/mol. The van der Waals surface area contributed by atoms with E-state index in [0.29, 0.717) is 6.54 Å². The van der Waals surface area contributed by atoms with E-state index in [1.807, 2.05) is 14.0 Å². The molecule has 0 aliphatic heterocycles. The molecule has 0 aromatic rings. The lowest BCUT2D eigenvalue weighted by atomic mass is 9.49. The van der Waals surface area contributed by atoms with Gasteiger partial charge in [0, 0.05) is 13.6 Å². The van der Waals surface area contributed by atoms with E-state index in [2.05, 4.69) is 0 Å². The summed E-state index contributed by atoms with van der Waals surface area (Å²) in [7, 11) is 3.25. The lowest BCUT2D eigenvalue weighted by molar-refractivity contribution is -0.158. The minimum atomic E-state index is -0.252. The number of nitrogens with zero attached hydrogens (tertiary/aromatic N) is 1. The zero-order chi connectivity index (χ0) is 15.2. The lowest BCUT2D eigenvalue weighted by Crippen LogP contribution is -2.54. The van der Waals surface area contributed by atoms with Crippen LogP contribution in [0.25, 0.3) is 0 Å². The Balaban J connectivity index is 1.68. The van der Waals surface area contributed by atoms with E-state index in [-0.39, 0.29) is 23.2 Å². The Labute approximate surface area is 127 Å². The molecule has 4 bridgehead atoms. The first-order chi connectivity index (χ1) is 9.93. The molecule has 4 rings (SSSR count). The molecule has 0 aromatic carbocycles. The maximum absolute atomic E-state index is 13.0. The lowest BCUT2D eigenvalue weighted by Gasteiger charge is -2.56. The number of hydrogen-bond donors (Lipinski definition) is 0. The quantitative estimate of drug-likeness (QED) is 0.748. The van der Waals surface area contributed by atoms with Gasteiger partial charge in [-0.25, -0.2) is 0 Å². The summed E-state index contributed by atoms with van der Waals surface area (Å²) in [6.45, 7) is 2.29. The molecule has 1 atom stereocenters. The molecule has 1 amide bonds. The molecule has 0 saturated heterocycles. The molecule has 1 unspecified atom stereocenters. The van der Waals surface area contributed by atoms with Crippen molar-refractivity contribution in [2.75, 3.05) is 20.7 Å². The van der Waals surface area contributed by atoms with Crippen LogP contribution in [-0.4, -0.2) is 37.5 Å². The summed E-state index contributed by atoms with van der Waals surface area (Å²) in [4.78, 5) is 26.4. The highest BCUT2D eigenvalue weighted by Crippen LogP contribution is 2.60. The molecule has 21 heavy (non-hydrogen) atoms. The first kappa shape index (κ1) is 14.9. The minimum absolute atomic E-state index is 0.112. The van der Waals surface area contributed by atoms with Gasteiger partial charge in [-0.1, -0.05) is 6.92 Å². The fourth-order valence-corrected chi connectivity index (χ4v) is 5.55. The molecule has 0 aromatic heterocycles. The van der Waals surface area contributed by atoms with Crippen molar-refractivity contribution in [1.29, 1.82) is 0 Å².